The number of hydrogen-bond acceptors (Lipinski definition) is 2. The Morgan fingerprint density at radius 2 is 1.91 bits per heavy atom. The minimum Gasteiger partial charge on any atom is -0.389 e. The van der Waals surface area contributed by atoms with Crippen LogP contribution in [0.2, 0.25) is 0 Å². The van der Waals surface area contributed by atoms with Gasteiger partial charge in [-0.2, -0.15) is 0 Å². The first kappa shape index (κ1) is 14.2. The highest BCUT2D eigenvalue weighted by Crippen LogP contribution is 2.70. The van der Waals surface area contributed by atoms with E-state index in [0.717, 1.165) is 29.4 Å². The van der Waals surface area contributed by atoms with Gasteiger partial charge in [-0.25, -0.2) is 0 Å². The van der Waals surface area contributed by atoms with Crippen LogP contribution in [0.5, 0.6) is 0 Å². The molecule has 22 heavy (non-hydrogen) atoms. The zero-order valence-electron chi connectivity index (χ0n) is 13.8. The van der Waals surface area contributed by atoms with Gasteiger partial charge in [0.1, 0.15) is 0 Å². The molecule has 0 spiro atoms. The van der Waals surface area contributed by atoms with E-state index in [4.69, 9.17) is 4.98 Å². The second kappa shape index (κ2) is 4.32. The number of aliphatic hydroxyl groups is 1. The molecule has 0 aliphatic heterocycles. The minimum atomic E-state index is -0.616. The van der Waals surface area contributed by atoms with Crippen LogP contribution in [-0.4, -0.2) is 15.7 Å². The number of rotatable bonds is 2. The molecule has 2 aliphatic rings. The molecular formula is C20H25NO. The lowest BCUT2D eigenvalue weighted by Gasteiger charge is -2.45. The van der Waals surface area contributed by atoms with Gasteiger partial charge in [-0.1, -0.05) is 45.0 Å². The van der Waals surface area contributed by atoms with Gasteiger partial charge < -0.3 is 5.11 Å². The van der Waals surface area contributed by atoms with E-state index in [2.05, 4.69) is 45.0 Å². The molecule has 2 aliphatic carbocycles. The molecule has 1 aromatic heterocycles. The molecule has 4 rings (SSSR count). The number of nitrogens with zero attached hydrogens (tertiary/aromatic N) is 1. The van der Waals surface area contributed by atoms with Gasteiger partial charge >= 0.3 is 0 Å². The van der Waals surface area contributed by atoms with Crippen molar-refractivity contribution in [2.24, 2.45) is 16.7 Å². The predicted molar refractivity (Wildman–Crippen MR) is 89.6 cm³/mol. The number of para-hydroxylation sites is 1. The van der Waals surface area contributed by atoms with Crippen LogP contribution >= 0.6 is 0 Å². The molecule has 1 N–H and O–H groups in total. The Balaban J connectivity index is 1.70. The van der Waals surface area contributed by atoms with E-state index in [1.165, 1.54) is 6.42 Å². The molecule has 2 saturated carbocycles. The molecule has 116 valence electrons. The summed E-state index contributed by atoms with van der Waals surface area (Å²) in [6, 6.07) is 12.4. The van der Waals surface area contributed by atoms with Gasteiger partial charge in [-0.3, -0.25) is 4.98 Å². The van der Waals surface area contributed by atoms with Gasteiger partial charge in [0.15, 0.2) is 0 Å². The largest absolute Gasteiger partial charge is 0.389 e. The van der Waals surface area contributed by atoms with Crippen LogP contribution in [0, 0.1) is 16.7 Å². The van der Waals surface area contributed by atoms with E-state index in [-0.39, 0.29) is 10.8 Å². The first-order valence-corrected chi connectivity index (χ1v) is 8.43. The molecule has 2 nitrogen and oxygen atoms in total. The summed E-state index contributed by atoms with van der Waals surface area (Å²) in [5.41, 5.74) is 1.65. The molecule has 2 fully saturated rings. The molecule has 2 unspecified atom stereocenters. The summed E-state index contributed by atoms with van der Waals surface area (Å²) in [5, 5.41) is 12.6. The lowest BCUT2D eigenvalue weighted by Crippen LogP contribution is -2.48. The van der Waals surface area contributed by atoms with Crippen LogP contribution < -0.4 is 0 Å². The van der Waals surface area contributed by atoms with Gasteiger partial charge in [0, 0.05) is 22.9 Å². The van der Waals surface area contributed by atoms with Gasteiger partial charge in [0.05, 0.1) is 11.1 Å². The Hall–Kier alpha value is -1.41. The fourth-order valence-electron chi connectivity index (χ4n) is 5.19. The highest BCUT2D eigenvalue weighted by Gasteiger charge is 2.68. The van der Waals surface area contributed by atoms with E-state index in [1.54, 1.807) is 0 Å². The van der Waals surface area contributed by atoms with Crippen molar-refractivity contribution in [3.63, 3.8) is 0 Å². The van der Waals surface area contributed by atoms with Crippen LogP contribution in [0.3, 0.4) is 0 Å². The third kappa shape index (κ3) is 1.68. The Bertz CT molecular complexity index is 737. The van der Waals surface area contributed by atoms with Crippen molar-refractivity contribution in [3.8, 4) is 0 Å². The van der Waals surface area contributed by atoms with Crippen LogP contribution in [0.1, 0.15) is 45.7 Å². The monoisotopic (exact) mass is 295 g/mol. The van der Waals surface area contributed by atoms with Crippen molar-refractivity contribution in [2.45, 2.75) is 52.1 Å². The summed E-state index contributed by atoms with van der Waals surface area (Å²) in [5.74, 6) is 0.642. The molecule has 3 atom stereocenters. The van der Waals surface area contributed by atoms with Crippen molar-refractivity contribution in [3.05, 3.63) is 42.1 Å². The third-order valence-corrected chi connectivity index (χ3v) is 7.18. The predicted octanol–water partition coefficient (Wildman–Crippen LogP) is 4.35. The number of benzene rings is 1. The van der Waals surface area contributed by atoms with Crippen LogP contribution in [-0.2, 0) is 6.42 Å². The number of hydrogen-bond donors (Lipinski definition) is 1. The second-order valence-corrected chi connectivity index (χ2v) is 8.20. The van der Waals surface area contributed by atoms with Crippen LogP contribution in [0.15, 0.2) is 36.4 Å². The maximum atomic E-state index is 11.5. The molecule has 2 heteroatoms. The maximum absolute atomic E-state index is 11.5. The van der Waals surface area contributed by atoms with E-state index in [1.807, 2.05) is 12.1 Å². The number of aromatic nitrogens is 1. The average molecular weight is 295 g/mol. The number of pyridine rings is 1. The lowest BCUT2D eigenvalue weighted by molar-refractivity contribution is -0.0891. The number of fused-ring (bicyclic) bond motifs is 3. The van der Waals surface area contributed by atoms with E-state index < -0.39 is 5.60 Å². The summed E-state index contributed by atoms with van der Waals surface area (Å²) in [6.07, 6.45) is 3.99. The van der Waals surface area contributed by atoms with E-state index >= 15 is 0 Å². The average Bonchev–Trinajstić information content (AvgIpc) is 2.79. The molecule has 0 radical (unpaired) electrons. The van der Waals surface area contributed by atoms with Crippen molar-refractivity contribution < 1.29 is 5.11 Å². The summed E-state index contributed by atoms with van der Waals surface area (Å²) >= 11 is 0. The Morgan fingerprint density at radius 3 is 2.59 bits per heavy atom. The Morgan fingerprint density at radius 1 is 1.14 bits per heavy atom. The van der Waals surface area contributed by atoms with Crippen molar-refractivity contribution in [1.82, 2.24) is 4.98 Å². The maximum Gasteiger partial charge on any atom is 0.0764 e. The molecular weight excluding hydrogens is 270 g/mol. The van der Waals surface area contributed by atoms with Crippen LogP contribution in [0.25, 0.3) is 10.9 Å². The SMILES string of the molecule is CC1(C)C2CCC1(C)[C@@](O)(Cc1ccc3ccccc3n1)C2. The third-order valence-electron chi connectivity index (χ3n) is 7.18. The highest BCUT2D eigenvalue weighted by molar-refractivity contribution is 5.78. The topological polar surface area (TPSA) is 33.1 Å². The molecule has 0 saturated heterocycles. The Kier molecular flexibility index (Phi) is 2.79. The summed E-state index contributed by atoms with van der Waals surface area (Å²) < 4.78 is 0. The minimum absolute atomic E-state index is 0.00199. The van der Waals surface area contributed by atoms with Gasteiger partial charge in [0.2, 0.25) is 0 Å². The highest BCUT2D eigenvalue weighted by atomic mass is 16.3. The normalized spacial score (nSPS) is 36.1. The molecule has 1 heterocycles. The fourth-order valence-corrected chi connectivity index (χ4v) is 5.19. The zero-order chi connectivity index (χ0) is 15.6. The van der Waals surface area contributed by atoms with Crippen LogP contribution in [0.4, 0.5) is 0 Å². The second-order valence-electron chi connectivity index (χ2n) is 8.20. The van der Waals surface area contributed by atoms with Gasteiger partial charge in [0.25, 0.3) is 0 Å². The molecule has 0 amide bonds. The standard InChI is InChI=1S/C20H25NO/c1-18(2)15-10-11-19(18,3)20(22,12-15)13-16-9-8-14-6-4-5-7-17(14)21-16/h4-9,15,22H,10-13H2,1-3H3/t15?,19?,20-/m0/s1. The van der Waals surface area contributed by atoms with Crippen molar-refractivity contribution in [1.29, 1.82) is 0 Å². The molecule has 2 aromatic rings. The van der Waals surface area contributed by atoms with E-state index in [0.29, 0.717) is 12.3 Å². The van der Waals surface area contributed by atoms with Gasteiger partial charge in [-0.15, -0.1) is 0 Å². The van der Waals surface area contributed by atoms with Crippen molar-refractivity contribution >= 4 is 10.9 Å². The first-order valence-electron chi connectivity index (χ1n) is 8.43. The Labute approximate surface area is 132 Å². The molecule has 1 aromatic carbocycles. The van der Waals surface area contributed by atoms with Gasteiger partial charge in [-0.05, 0) is 42.7 Å². The summed E-state index contributed by atoms with van der Waals surface area (Å²) in [4.78, 5) is 4.79. The quantitative estimate of drug-likeness (QED) is 0.893. The van der Waals surface area contributed by atoms with E-state index in [9.17, 15) is 5.11 Å². The summed E-state index contributed by atoms with van der Waals surface area (Å²) in [6.45, 7) is 6.98. The van der Waals surface area contributed by atoms with Crippen molar-refractivity contribution in [2.75, 3.05) is 0 Å². The smallest absolute Gasteiger partial charge is 0.0764 e. The molecule has 2 bridgehead atoms. The zero-order valence-corrected chi connectivity index (χ0v) is 13.8. The fraction of sp³-hybridized carbons (Fsp3) is 0.550. The lowest BCUT2D eigenvalue weighted by atomic mass is 9.63. The first-order chi connectivity index (χ1) is 10.4. The summed E-state index contributed by atoms with van der Waals surface area (Å²) in [7, 11) is 0.